The lowest BCUT2D eigenvalue weighted by Crippen LogP contribution is -2.42. The molecule has 1 N–H and O–H groups in total. The molecule has 8 nitrogen and oxygen atoms in total. The highest BCUT2D eigenvalue weighted by Gasteiger charge is 2.38. The van der Waals surface area contributed by atoms with Crippen LogP contribution >= 0.6 is 0 Å². The maximum absolute atomic E-state index is 14.0. The Morgan fingerprint density at radius 2 is 1.68 bits per heavy atom. The number of rotatable bonds is 10. The van der Waals surface area contributed by atoms with Gasteiger partial charge in [0.1, 0.15) is 23.8 Å². The number of amides is 1. The normalized spacial score (nSPS) is 16.6. The first-order valence-electron chi connectivity index (χ1n) is 13.5. The number of nitrogens with one attached hydrogen (secondary N) is 1. The number of carbonyl (C=O) groups excluding carboxylic acids is 3. The molecule has 3 aromatic rings. The fraction of sp³-hybridized carbons (Fsp3) is 0.355. The maximum atomic E-state index is 14.0. The molecule has 0 spiro atoms. The molecule has 2 aromatic carbocycles. The van der Waals surface area contributed by atoms with Crippen molar-refractivity contribution in [3.8, 4) is 11.5 Å². The van der Waals surface area contributed by atoms with Gasteiger partial charge in [0.25, 0.3) is 5.91 Å². The first kappa shape index (κ1) is 29.6. The summed E-state index contributed by atoms with van der Waals surface area (Å²) in [5, 5.41) is 2.55. The number of ether oxygens (including phenoxy) is 3. The van der Waals surface area contributed by atoms with Gasteiger partial charge < -0.3 is 19.5 Å². The van der Waals surface area contributed by atoms with Crippen molar-refractivity contribution in [2.75, 3.05) is 7.11 Å². The highest BCUT2D eigenvalue weighted by atomic mass is 19.1. The van der Waals surface area contributed by atoms with E-state index in [9.17, 15) is 23.2 Å². The number of nitrogens with zero attached hydrogens (tertiary/aromatic N) is 1. The Kier molecular flexibility index (Phi) is 9.31. The monoisotopic (exact) mass is 566 g/mol. The van der Waals surface area contributed by atoms with Crippen LogP contribution in [-0.2, 0) is 20.7 Å². The Morgan fingerprint density at radius 3 is 2.34 bits per heavy atom. The summed E-state index contributed by atoms with van der Waals surface area (Å²) < 4.78 is 44.2. The minimum atomic E-state index is -1.12. The minimum absolute atomic E-state index is 0.137. The molecule has 10 heteroatoms. The minimum Gasteiger partial charge on any atom is -0.493 e. The van der Waals surface area contributed by atoms with Gasteiger partial charge in [0.05, 0.1) is 13.0 Å². The van der Waals surface area contributed by atoms with E-state index in [2.05, 4.69) is 10.3 Å². The van der Waals surface area contributed by atoms with Crippen LogP contribution in [0.4, 0.5) is 8.78 Å². The summed E-state index contributed by atoms with van der Waals surface area (Å²) in [6.07, 6.45) is 1.97. The number of hydrogen-bond donors (Lipinski definition) is 1. The van der Waals surface area contributed by atoms with Crippen LogP contribution < -0.4 is 14.8 Å². The van der Waals surface area contributed by atoms with E-state index >= 15 is 0 Å². The number of esters is 2. The second-order valence-corrected chi connectivity index (χ2v) is 9.87. The van der Waals surface area contributed by atoms with Crippen LogP contribution in [0.25, 0.3) is 0 Å². The number of hydrogen-bond acceptors (Lipinski definition) is 7. The van der Waals surface area contributed by atoms with Gasteiger partial charge in [0, 0.05) is 24.6 Å². The van der Waals surface area contributed by atoms with Gasteiger partial charge in [-0.05, 0) is 60.7 Å². The van der Waals surface area contributed by atoms with Gasteiger partial charge in [-0.15, -0.1) is 0 Å². The number of carbonyl (C=O) groups is 3. The molecule has 216 valence electrons. The summed E-state index contributed by atoms with van der Waals surface area (Å²) in [7, 11) is 1.37. The van der Waals surface area contributed by atoms with Crippen LogP contribution in [-0.4, -0.2) is 42.1 Å². The van der Waals surface area contributed by atoms with Crippen molar-refractivity contribution in [1.82, 2.24) is 10.3 Å². The third-order valence-corrected chi connectivity index (χ3v) is 7.26. The Bertz CT molecular complexity index is 1420. The van der Waals surface area contributed by atoms with Crippen LogP contribution in [0.15, 0.2) is 54.7 Å². The zero-order valence-electron chi connectivity index (χ0n) is 23.3. The quantitative estimate of drug-likeness (QED) is 0.340. The summed E-state index contributed by atoms with van der Waals surface area (Å²) in [5.74, 6) is -3.68. The molecule has 0 saturated heterocycles. The molecule has 3 atom stereocenters. The second kappa shape index (κ2) is 12.9. The standard InChI is InChI=1S/C31H32F2N2O6/c1-5-18(6-2)31(38)41-28-24(39-4)13-14-34-27(28)29(36)35-17(3)30(37)40-25-16-20-15-22(33)11-12-23(20)26(25)19-7-9-21(32)10-8-19/h7-15,17-18,25-26H,5-6,16H2,1-4H3,(H,35,36)/t17-,25?,26?/m0/s1. The molecule has 1 aliphatic rings. The van der Waals surface area contributed by atoms with Crippen molar-refractivity contribution in [2.45, 2.75) is 58.1 Å². The lowest BCUT2D eigenvalue weighted by molar-refractivity contribution is -0.151. The van der Waals surface area contributed by atoms with Crippen molar-refractivity contribution < 1.29 is 37.4 Å². The average molecular weight is 567 g/mol. The highest BCUT2D eigenvalue weighted by molar-refractivity contribution is 5.98. The molecule has 1 aliphatic carbocycles. The molecule has 4 rings (SSSR count). The number of halogens is 2. The van der Waals surface area contributed by atoms with E-state index in [1.165, 1.54) is 50.6 Å². The molecule has 2 unspecified atom stereocenters. The zero-order chi connectivity index (χ0) is 29.7. The molecule has 0 fully saturated rings. The average Bonchev–Trinajstić information content (AvgIpc) is 3.30. The lowest BCUT2D eigenvalue weighted by atomic mass is 9.91. The van der Waals surface area contributed by atoms with Gasteiger partial charge in [-0.2, -0.15) is 0 Å². The SMILES string of the molecule is CCC(CC)C(=O)Oc1c(OC)ccnc1C(=O)N[C@@H](C)C(=O)OC1Cc2cc(F)ccc2C1c1ccc(F)cc1. The second-order valence-electron chi connectivity index (χ2n) is 9.87. The fourth-order valence-electron chi connectivity index (χ4n) is 5.00. The summed E-state index contributed by atoms with van der Waals surface area (Å²) >= 11 is 0. The Labute approximate surface area is 237 Å². The van der Waals surface area contributed by atoms with Crippen LogP contribution in [0.5, 0.6) is 11.5 Å². The number of aromatic nitrogens is 1. The largest absolute Gasteiger partial charge is 0.493 e. The predicted octanol–water partition coefficient (Wildman–Crippen LogP) is 5.13. The van der Waals surface area contributed by atoms with Gasteiger partial charge in [-0.1, -0.05) is 32.0 Å². The van der Waals surface area contributed by atoms with Gasteiger partial charge in [0.2, 0.25) is 5.75 Å². The number of pyridine rings is 1. The number of methoxy groups -OCH3 is 1. The van der Waals surface area contributed by atoms with Crippen LogP contribution in [0, 0.1) is 17.6 Å². The molecule has 1 aromatic heterocycles. The first-order chi connectivity index (χ1) is 19.7. The van der Waals surface area contributed by atoms with Crippen molar-refractivity contribution in [3.05, 3.63) is 88.7 Å². The van der Waals surface area contributed by atoms with Gasteiger partial charge in [0.15, 0.2) is 11.4 Å². The summed E-state index contributed by atoms with van der Waals surface area (Å²) in [6.45, 7) is 5.17. The topological polar surface area (TPSA) is 104 Å². The van der Waals surface area contributed by atoms with E-state index in [1.807, 2.05) is 13.8 Å². The van der Waals surface area contributed by atoms with Gasteiger partial charge in [-0.25, -0.2) is 18.6 Å². The first-order valence-corrected chi connectivity index (χ1v) is 13.5. The third kappa shape index (κ3) is 6.53. The Morgan fingerprint density at radius 1 is 1.00 bits per heavy atom. The molecule has 1 amide bonds. The van der Waals surface area contributed by atoms with E-state index in [0.717, 1.165) is 5.56 Å². The molecule has 0 aliphatic heterocycles. The molecule has 0 radical (unpaired) electrons. The molecule has 0 bridgehead atoms. The van der Waals surface area contributed by atoms with Crippen LogP contribution in [0.2, 0.25) is 0 Å². The molecule has 1 heterocycles. The van der Waals surface area contributed by atoms with E-state index in [0.29, 0.717) is 24.0 Å². The predicted molar refractivity (Wildman–Crippen MR) is 146 cm³/mol. The van der Waals surface area contributed by atoms with Crippen molar-refractivity contribution >= 4 is 17.8 Å². The van der Waals surface area contributed by atoms with E-state index in [4.69, 9.17) is 14.2 Å². The van der Waals surface area contributed by atoms with E-state index in [-0.39, 0.29) is 29.5 Å². The lowest BCUT2D eigenvalue weighted by Gasteiger charge is -2.23. The van der Waals surface area contributed by atoms with Gasteiger partial charge in [-0.3, -0.25) is 9.59 Å². The number of benzene rings is 2. The van der Waals surface area contributed by atoms with E-state index < -0.39 is 47.5 Å². The fourth-order valence-corrected chi connectivity index (χ4v) is 5.00. The summed E-state index contributed by atoms with van der Waals surface area (Å²) in [5.41, 5.74) is 1.93. The number of fused-ring (bicyclic) bond motifs is 1. The third-order valence-electron chi connectivity index (χ3n) is 7.26. The Hall–Kier alpha value is -4.34. The summed E-state index contributed by atoms with van der Waals surface area (Å²) in [4.78, 5) is 43.1. The molecular formula is C31H32F2N2O6. The van der Waals surface area contributed by atoms with Crippen LogP contribution in [0.3, 0.4) is 0 Å². The van der Waals surface area contributed by atoms with Crippen LogP contribution in [0.1, 0.15) is 66.7 Å². The van der Waals surface area contributed by atoms with Crippen molar-refractivity contribution in [1.29, 1.82) is 0 Å². The summed E-state index contributed by atoms with van der Waals surface area (Å²) in [6, 6.07) is 10.5. The highest BCUT2D eigenvalue weighted by Crippen LogP contribution is 2.40. The van der Waals surface area contributed by atoms with Crippen molar-refractivity contribution in [3.63, 3.8) is 0 Å². The Balaban J connectivity index is 1.52. The molecular weight excluding hydrogens is 534 g/mol. The van der Waals surface area contributed by atoms with E-state index in [1.54, 1.807) is 18.2 Å². The molecule has 41 heavy (non-hydrogen) atoms. The zero-order valence-corrected chi connectivity index (χ0v) is 23.3. The smallest absolute Gasteiger partial charge is 0.328 e. The maximum Gasteiger partial charge on any atom is 0.328 e. The van der Waals surface area contributed by atoms with Gasteiger partial charge >= 0.3 is 11.9 Å². The molecule has 0 saturated carbocycles. The van der Waals surface area contributed by atoms with Crippen molar-refractivity contribution in [2.24, 2.45) is 5.92 Å².